The number of alkyl halides is 3. The summed E-state index contributed by atoms with van der Waals surface area (Å²) in [7, 11) is 0. The predicted molar refractivity (Wildman–Crippen MR) is 134 cm³/mol. The normalized spacial score (nSPS) is 23.1. The molecule has 1 fully saturated rings. The fraction of sp³-hybridized carbons (Fsp3) is 0.321. The molecule has 3 atom stereocenters. The van der Waals surface area contributed by atoms with E-state index >= 15 is 0 Å². The lowest BCUT2D eigenvalue weighted by atomic mass is 9.80. The van der Waals surface area contributed by atoms with Crippen LogP contribution in [0.15, 0.2) is 42.7 Å². The van der Waals surface area contributed by atoms with E-state index in [0.717, 1.165) is 0 Å². The maximum atomic E-state index is 14.6. The van der Waals surface area contributed by atoms with Crippen LogP contribution in [0.3, 0.4) is 0 Å². The molecule has 2 aromatic heterocycles. The van der Waals surface area contributed by atoms with Gasteiger partial charge in [0.1, 0.15) is 24.2 Å². The number of nitrogens with one attached hydrogen (secondary N) is 2. The Balaban J connectivity index is 1.26. The summed E-state index contributed by atoms with van der Waals surface area (Å²) in [6.07, 6.45) is -1.96. The van der Waals surface area contributed by atoms with Crippen molar-refractivity contribution in [3.05, 3.63) is 88.1 Å². The number of anilines is 1. The van der Waals surface area contributed by atoms with Crippen molar-refractivity contribution in [1.29, 1.82) is 0 Å². The molecule has 6 rings (SSSR count). The first-order chi connectivity index (χ1) is 19.8. The maximum Gasteiger partial charge on any atom is 0.406 e. The molecule has 1 spiro atoms. The van der Waals surface area contributed by atoms with Crippen molar-refractivity contribution in [1.82, 2.24) is 20.2 Å². The molecule has 2 N–H and O–H groups in total. The number of hydrogen-bond donors (Lipinski definition) is 2. The first-order valence-corrected chi connectivity index (χ1v) is 12.9. The summed E-state index contributed by atoms with van der Waals surface area (Å²) in [5.41, 5.74) is 0.355. The number of pyridine rings is 2. The Labute approximate surface area is 234 Å². The number of carbonyl (C=O) groups is 3. The van der Waals surface area contributed by atoms with Crippen LogP contribution in [0.2, 0.25) is 0 Å². The van der Waals surface area contributed by atoms with E-state index in [4.69, 9.17) is 0 Å². The number of likely N-dealkylation sites (tertiary alicyclic amines) is 1. The largest absolute Gasteiger partial charge is 0.406 e. The maximum absolute atomic E-state index is 14.6. The Morgan fingerprint density at radius 2 is 1.90 bits per heavy atom. The van der Waals surface area contributed by atoms with Gasteiger partial charge < -0.3 is 15.5 Å². The summed E-state index contributed by atoms with van der Waals surface area (Å²) < 4.78 is 82.1. The molecule has 3 aromatic rings. The van der Waals surface area contributed by atoms with Crippen LogP contribution in [-0.2, 0) is 27.8 Å². The van der Waals surface area contributed by atoms with Crippen molar-refractivity contribution in [2.75, 3.05) is 18.4 Å². The number of carbonyl (C=O) groups excluding carboxylic acids is 3. The van der Waals surface area contributed by atoms with E-state index in [1.807, 2.05) is 0 Å². The molecule has 1 aromatic carbocycles. The third kappa shape index (κ3) is 4.73. The molecule has 4 heterocycles. The summed E-state index contributed by atoms with van der Waals surface area (Å²) in [6.45, 7) is -2.36. The van der Waals surface area contributed by atoms with E-state index in [-0.39, 0.29) is 24.3 Å². The zero-order chi connectivity index (χ0) is 30.0. The zero-order valence-corrected chi connectivity index (χ0v) is 21.6. The molecule has 3 aliphatic rings. The van der Waals surface area contributed by atoms with Gasteiger partial charge in [0, 0.05) is 48.6 Å². The van der Waals surface area contributed by atoms with Gasteiger partial charge in [-0.2, -0.15) is 13.2 Å². The Kier molecular flexibility index (Phi) is 6.46. The Morgan fingerprint density at radius 1 is 1.12 bits per heavy atom. The molecule has 0 saturated carbocycles. The third-order valence-electron chi connectivity index (χ3n) is 7.98. The summed E-state index contributed by atoms with van der Waals surface area (Å²) in [4.78, 5) is 48.0. The fourth-order valence-electron chi connectivity index (χ4n) is 6.10. The Bertz CT molecular complexity index is 1650. The average molecular weight is 589 g/mol. The molecule has 42 heavy (non-hydrogen) atoms. The molecule has 14 heteroatoms. The minimum absolute atomic E-state index is 0.0177. The van der Waals surface area contributed by atoms with E-state index < -0.39 is 77.9 Å². The smallest absolute Gasteiger partial charge is 0.340 e. The summed E-state index contributed by atoms with van der Waals surface area (Å²) in [5, 5.41) is 5.15. The van der Waals surface area contributed by atoms with E-state index in [1.54, 1.807) is 18.3 Å². The highest BCUT2D eigenvalue weighted by molar-refractivity contribution is 6.06. The molecule has 3 amide bonds. The molecule has 0 bridgehead atoms. The van der Waals surface area contributed by atoms with Crippen molar-refractivity contribution in [3.8, 4) is 0 Å². The first kappa shape index (κ1) is 27.7. The zero-order valence-electron chi connectivity index (χ0n) is 21.6. The molecular weight excluding hydrogens is 568 g/mol. The molecular formula is C28H21F6N5O3. The molecule has 1 saturated heterocycles. The van der Waals surface area contributed by atoms with Crippen LogP contribution in [0.4, 0.5) is 32.2 Å². The van der Waals surface area contributed by atoms with Gasteiger partial charge in [-0.1, -0.05) is 6.07 Å². The highest BCUT2D eigenvalue weighted by Crippen LogP contribution is 2.46. The molecule has 0 radical (unpaired) electrons. The van der Waals surface area contributed by atoms with Gasteiger partial charge in [0.2, 0.25) is 11.8 Å². The van der Waals surface area contributed by atoms with Gasteiger partial charge in [-0.3, -0.25) is 19.4 Å². The van der Waals surface area contributed by atoms with Gasteiger partial charge in [0.25, 0.3) is 5.91 Å². The molecule has 218 valence electrons. The summed E-state index contributed by atoms with van der Waals surface area (Å²) in [6, 6.07) is 4.39. The minimum Gasteiger partial charge on any atom is -0.340 e. The van der Waals surface area contributed by atoms with Crippen molar-refractivity contribution >= 4 is 23.5 Å². The van der Waals surface area contributed by atoms with Crippen LogP contribution < -0.4 is 10.6 Å². The average Bonchev–Trinajstić information content (AvgIpc) is 3.44. The number of fused-ring (bicyclic) bond motifs is 3. The Morgan fingerprint density at radius 3 is 2.67 bits per heavy atom. The number of rotatable bonds is 4. The SMILES string of the molecule is O=C(N[C@H]1C[C@@H](c2cc(F)cc(F)c2F)CN(CC(F)(F)F)C1=O)c1cnc2c(c1)C[C@@]1(C2)C(=O)Nc2ncccc21. The van der Waals surface area contributed by atoms with Gasteiger partial charge in [0.05, 0.1) is 11.0 Å². The second kappa shape index (κ2) is 9.81. The highest BCUT2D eigenvalue weighted by Gasteiger charge is 2.52. The number of amides is 3. The third-order valence-corrected chi connectivity index (χ3v) is 7.98. The van der Waals surface area contributed by atoms with Gasteiger partial charge in [-0.15, -0.1) is 0 Å². The number of aromatic nitrogens is 2. The van der Waals surface area contributed by atoms with Crippen molar-refractivity contribution in [2.45, 2.75) is 42.8 Å². The molecule has 1 aliphatic carbocycles. The monoisotopic (exact) mass is 589 g/mol. The Hall–Kier alpha value is -4.49. The van der Waals surface area contributed by atoms with Crippen molar-refractivity contribution < 1.29 is 40.7 Å². The molecule has 2 aliphatic heterocycles. The van der Waals surface area contributed by atoms with E-state index in [1.165, 1.54) is 12.3 Å². The van der Waals surface area contributed by atoms with Crippen molar-refractivity contribution in [3.63, 3.8) is 0 Å². The quantitative estimate of drug-likeness (QED) is 0.358. The van der Waals surface area contributed by atoms with Crippen LogP contribution in [0, 0.1) is 17.5 Å². The van der Waals surface area contributed by atoms with E-state index in [0.29, 0.717) is 39.7 Å². The minimum atomic E-state index is -4.82. The van der Waals surface area contributed by atoms with E-state index in [9.17, 15) is 40.7 Å². The van der Waals surface area contributed by atoms with Crippen LogP contribution in [0.1, 0.15) is 45.1 Å². The second-order valence-electron chi connectivity index (χ2n) is 10.7. The van der Waals surface area contributed by atoms with E-state index in [2.05, 4.69) is 20.6 Å². The number of piperidine rings is 1. The standard InChI is InChI=1S/C28H21F6N5O3/c29-16-6-17(22(31)19(30)7-16)15-5-20(25(41)39(11-15)12-28(32,33)34)37-24(40)14-4-13-8-27(9-21(13)36-10-14)18-2-1-3-35-23(18)38-26(27)42/h1-4,6-7,10,15,20H,5,8-9,11-12H2,(H,37,40)(H,35,38,42)/t15-,20+,27+/m1/s1. The highest BCUT2D eigenvalue weighted by atomic mass is 19.4. The van der Waals surface area contributed by atoms with Gasteiger partial charge >= 0.3 is 6.18 Å². The topological polar surface area (TPSA) is 104 Å². The van der Waals surface area contributed by atoms with Crippen LogP contribution >= 0.6 is 0 Å². The lowest BCUT2D eigenvalue weighted by Crippen LogP contribution is -2.56. The summed E-state index contributed by atoms with van der Waals surface area (Å²) in [5.74, 6) is -7.09. The lowest BCUT2D eigenvalue weighted by molar-refractivity contribution is -0.165. The van der Waals surface area contributed by atoms with Crippen molar-refractivity contribution in [2.24, 2.45) is 0 Å². The van der Waals surface area contributed by atoms with Crippen LogP contribution in [0.5, 0.6) is 0 Å². The lowest BCUT2D eigenvalue weighted by Gasteiger charge is -2.38. The van der Waals surface area contributed by atoms with Gasteiger partial charge in [-0.05, 0) is 42.2 Å². The predicted octanol–water partition coefficient (Wildman–Crippen LogP) is 3.56. The second-order valence-corrected chi connectivity index (χ2v) is 10.7. The molecule has 0 unspecified atom stereocenters. The first-order valence-electron chi connectivity index (χ1n) is 12.9. The van der Waals surface area contributed by atoms with Crippen LogP contribution in [-0.4, -0.2) is 57.9 Å². The number of hydrogen-bond acceptors (Lipinski definition) is 5. The van der Waals surface area contributed by atoms with Gasteiger partial charge in [0.15, 0.2) is 11.6 Å². The summed E-state index contributed by atoms with van der Waals surface area (Å²) >= 11 is 0. The fourth-order valence-corrected chi connectivity index (χ4v) is 6.10. The number of halogens is 6. The number of benzene rings is 1. The molecule has 8 nitrogen and oxygen atoms in total. The van der Waals surface area contributed by atoms with Gasteiger partial charge in [-0.25, -0.2) is 18.2 Å². The number of nitrogens with zero attached hydrogens (tertiary/aromatic N) is 3. The van der Waals surface area contributed by atoms with Crippen LogP contribution in [0.25, 0.3) is 0 Å².